The van der Waals surface area contributed by atoms with Gasteiger partial charge in [0.15, 0.2) is 0 Å². The Morgan fingerprint density at radius 2 is 1.47 bits per heavy atom. The predicted molar refractivity (Wildman–Crippen MR) is 237 cm³/mol. The van der Waals surface area contributed by atoms with Crippen LogP contribution in [0.25, 0.3) is 0 Å². The number of benzene rings is 1. The van der Waals surface area contributed by atoms with E-state index >= 15 is 0 Å². The van der Waals surface area contributed by atoms with Gasteiger partial charge in [0.2, 0.25) is 23.6 Å². The van der Waals surface area contributed by atoms with Gasteiger partial charge in [0.05, 0.1) is 36.6 Å². The first-order valence-electron chi connectivity index (χ1n) is 21.7. The largest absolute Gasteiger partial charge is 0.458 e. The number of carbonyl (C=O) groups excluding carboxylic acids is 5. The van der Waals surface area contributed by atoms with E-state index in [4.69, 9.17) is 14.2 Å². The number of hydrogen-bond acceptors (Lipinski definition) is 9. The summed E-state index contributed by atoms with van der Waals surface area (Å²) in [4.78, 5) is 71.5. The number of carbonyl (C=O) groups is 5. The number of nitrogens with zero attached hydrogens (tertiary/aromatic N) is 2. The molecule has 0 aromatic heterocycles. The normalized spacial score (nSPS) is 17.5. The summed E-state index contributed by atoms with van der Waals surface area (Å²) >= 11 is 0. The van der Waals surface area contributed by atoms with Crippen molar-refractivity contribution in [2.45, 2.75) is 164 Å². The highest BCUT2D eigenvalue weighted by Gasteiger charge is 2.43. The molecule has 1 saturated heterocycles. The summed E-state index contributed by atoms with van der Waals surface area (Å²) in [5.41, 5.74) is 0.140. The summed E-state index contributed by atoms with van der Waals surface area (Å²) in [5, 5.41) is 8.62. The maximum absolute atomic E-state index is 14.2. The van der Waals surface area contributed by atoms with Crippen LogP contribution < -0.4 is 16.0 Å². The Morgan fingerprint density at radius 3 is 1.95 bits per heavy atom. The van der Waals surface area contributed by atoms with E-state index < -0.39 is 53.9 Å². The van der Waals surface area contributed by atoms with Crippen molar-refractivity contribution in [2.75, 3.05) is 41.9 Å². The van der Waals surface area contributed by atoms with Crippen LogP contribution in [0.5, 0.6) is 0 Å². The number of amides is 4. The van der Waals surface area contributed by atoms with E-state index in [9.17, 15) is 24.0 Å². The van der Waals surface area contributed by atoms with Crippen molar-refractivity contribution in [3.05, 3.63) is 35.9 Å². The fourth-order valence-electron chi connectivity index (χ4n) is 7.36. The highest BCUT2D eigenvalue weighted by molar-refractivity contribution is 5.88. The van der Waals surface area contributed by atoms with Gasteiger partial charge in [-0.2, -0.15) is 0 Å². The SMILES string of the molecule is CC.CCC(C)C(C(CC(=O)N1CCCC1C(OC)C(C)C(=O)NC(Cc1ccccc1)C(=O)OC(C)(C)C)OC)N(C)C(=O)[C@@H](NC(=O)CC(C)C)C(C)C.CNC. The molecular weight excluding hydrogens is 751 g/mol. The van der Waals surface area contributed by atoms with Crippen LogP contribution >= 0.6 is 0 Å². The first-order valence-corrected chi connectivity index (χ1v) is 21.7. The summed E-state index contributed by atoms with van der Waals surface area (Å²) in [6, 6.07) is 6.97. The van der Waals surface area contributed by atoms with Gasteiger partial charge in [0.25, 0.3) is 0 Å². The van der Waals surface area contributed by atoms with Crippen molar-refractivity contribution in [1.29, 1.82) is 0 Å². The quantitative estimate of drug-likeness (QED) is 0.134. The summed E-state index contributed by atoms with van der Waals surface area (Å²) < 4.78 is 17.6. The summed E-state index contributed by atoms with van der Waals surface area (Å²) in [7, 11) is 8.56. The molecule has 0 saturated carbocycles. The molecule has 1 aliphatic rings. The van der Waals surface area contributed by atoms with Gasteiger partial charge in [-0.1, -0.05) is 99.1 Å². The van der Waals surface area contributed by atoms with Gasteiger partial charge in [-0.3, -0.25) is 19.2 Å². The molecule has 4 amide bonds. The molecule has 0 spiro atoms. The fourth-order valence-corrected chi connectivity index (χ4v) is 7.36. The smallest absolute Gasteiger partial charge is 0.329 e. The Morgan fingerprint density at radius 1 is 0.898 bits per heavy atom. The monoisotopic (exact) mass is 834 g/mol. The van der Waals surface area contributed by atoms with E-state index in [0.717, 1.165) is 18.4 Å². The zero-order valence-electron chi connectivity index (χ0n) is 39.8. The second-order valence-electron chi connectivity index (χ2n) is 17.3. The summed E-state index contributed by atoms with van der Waals surface area (Å²) in [5.74, 6) is -2.17. The average Bonchev–Trinajstić information content (AvgIpc) is 3.66. The molecule has 8 atom stereocenters. The Labute approximate surface area is 357 Å². The second kappa shape index (κ2) is 28.1. The standard InChI is InChI=1S/C42H70N4O8.C2H7N.C2H6/c1-14-28(6)37(45(11)40(50)36(27(4)5)44-34(47)23-26(2)3)33(52-12)25-35(48)46-22-18-21-32(46)38(53-13)29(7)39(49)43-31(41(51)54-42(8,9)10)24-30-19-16-15-17-20-30;1-3-2;1-2/h15-17,19-20,26-29,31-33,36-38H,14,18,21-25H2,1-13H3,(H,43,49)(H,44,47);3H,1-2H3;1-2H3/t28?,29?,31?,32?,33?,36-,37?,38?;;/m0../s1. The maximum atomic E-state index is 14.2. The van der Waals surface area contributed by atoms with Gasteiger partial charge < -0.3 is 40.0 Å². The Hall–Kier alpha value is -3.55. The number of nitrogens with one attached hydrogen (secondary N) is 3. The zero-order valence-corrected chi connectivity index (χ0v) is 39.8. The lowest BCUT2D eigenvalue weighted by Gasteiger charge is -2.41. The van der Waals surface area contributed by atoms with Gasteiger partial charge in [0.1, 0.15) is 17.7 Å². The molecule has 13 heteroatoms. The minimum absolute atomic E-state index is 0.0144. The molecule has 1 aromatic carbocycles. The van der Waals surface area contributed by atoms with Crippen LogP contribution in [0.4, 0.5) is 0 Å². The summed E-state index contributed by atoms with van der Waals surface area (Å²) in [6.07, 6.45) is 1.42. The minimum atomic E-state index is -0.918. The van der Waals surface area contributed by atoms with Crippen LogP contribution in [0.3, 0.4) is 0 Å². The van der Waals surface area contributed by atoms with Crippen LogP contribution in [-0.4, -0.2) is 123 Å². The number of esters is 1. The fraction of sp³-hybridized carbons (Fsp3) is 0.761. The number of likely N-dealkylation sites (N-methyl/N-ethyl adjacent to an activating group) is 1. The highest BCUT2D eigenvalue weighted by atomic mass is 16.6. The number of likely N-dealkylation sites (tertiary alicyclic amines) is 1. The van der Waals surface area contributed by atoms with E-state index in [2.05, 4.69) is 16.0 Å². The third kappa shape index (κ3) is 18.7. The number of methoxy groups -OCH3 is 2. The third-order valence-corrected chi connectivity index (χ3v) is 10.4. The molecule has 1 aromatic rings. The van der Waals surface area contributed by atoms with Crippen LogP contribution in [0.1, 0.15) is 121 Å². The molecule has 2 rings (SSSR count). The Balaban J connectivity index is 0.00000641. The van der Waals surface area contributed by atoms with Crippen LogP contribution in [-0.2, 0) is 44.6 Å². The molecule has 0 bridgehead atoms. The van der Waals surface area contributed by atoms with Crippen molar-refractivity contribution >= 4 is 29.6 Å². The van der Waals surface area contributed by atoms with Crippen molar-refractivity contribution < 1.29 is 38.2 Å². The number of ether oxygens (including phenoxy) is 3. The van der Waals surface area contributed by atoms with Gasteiger partial charge in [-0.25, -0.2) is 4.79 Å². The molecule has 1 aliphatic heterocycles. The van der Waals surface area contributed by atoms with Gasteiger partial charge in [0, 0.05) is 40.7 Å². The van der Waals surface area contributed by atoms with Crippen molar-refractivity contribution in [3.8, 4) is 0 Å². The first kappa shape index (κ1) is 55.5. The van der Waals surface area contributed by atoms with Gasteiger partial charge in [-0.05, 0) is 71.0 Å². The van der Waals surface area contributed by atoms with Gasteiger partial charge in [-0.15, -0.1) is 0 Å². The molecule has 340 valence electrons. The van der Waals surface area contributed by atoms with E-state index in [0.29, 0.717) is 19.4 Å². The van der Waals surface area contributed by atoms with E-state index in [1.807, 2.05) is 99.8 Å². The molecule has 1 heterocycles. The number of rotatable bonds is 20. The molecule has 1 fully saturated rings. The molecule has 7 unspecified atom stereocenters. The average molecular weight is 834 g/mol. The Bertz CT molecular complexity index is 1380. The van der Waals surface area contributed by atoms with Crippen LogP contribution in [0.15, 0.2) is 30.3 Å². The molecule has 59 heavy (non-hydrogen) atoms. The maximum Gasteiger partial charge on any atom is 0.329 e. The van der Waals surface area contributed by atoms with Crippen molar-refractivity contribution in [3.63, 3.8) is 0 Å². The zero-order chi connectivity index (χ0) is 45.6. The molecular formula is C46H83N5O8. The molecule has 0 aliphatic carbocycles. The lowest BCUT2D eigenvalue weighted by molar-refractivity contribution is -0.159. The van der Waals surface area contributed by atoms with E-state index in [1.54, 1.807) is 51.7 Å². The van der Waals surface area contributed by atoms with Crippen LogP contribution in [0, 0.1) is 23.7 Å². The first-order chi connectivity index (χ1) is 27.7. The summed E-state index contributed by atoms with van der Waals surface area (Å²) in [6.45, 7) is 23.4. The lowest BCUT2D eigenvalue weighted by atomic mass is 9.89. The van der Waals surface area contributed by atoms with Crippen molar-refractivity contribution in [1.82, 2.24) is 25.8 Å². The predicted octanol–water partition coefficient (Wildman–Crippen LogP) is 6.02. The topological polar surface area (TPSA) is 156 Å². The lowest BCUT2D eigenvalue weighted by Crippen LogP contribution is -2.58. The Kier molecular flexibility index (Phi) is 26.4. The second-order valence-corrected chi connectivity index (χ2v) is 17.3. The van der Waals surface area contributed by atoms with Gasteiger partial charge >= 0.3 is 5.97 Å². The number of hydrogen-bond donors (Lipinski definition) is 3. The van der Waals surface area contributed by atoms with E-state index in [-0.39, 0.29) is 54.2 Å². The molecule has 13 nitrogen and oxygen atoms in total. The minimum Gasteiger partial charge on any atom is -0.458 e. The molecule has 0 radical (unpaired) electrons. The highest BCUT2D eigenvalue weighted by Crippen LogP contribution is 2.30. The molecule has 3 N–H and O–H groups in total. The van der Waals surface area contributed by atoms with Crippen molar-refractivity contribution in [2.24, 2.45) is 23.7 Å². The third-order valence-electron chi connectivity index (χ3n) is 10.4. The van der Waals surface area contributed by atoms with Crippen LogP contribution in [0.2, 0.25) is 0 Å². The van der Waals surface area contributed by atoms with E-state index in [1.165, 1.54) is 7.11 Å².